The average Bonchev–Trinajstić information content (AvgIpc) is 3.15. The van der Waals surface area contributed by atoms with Crippen LogP contribution in [-0.4, -0.2) is 90.4 Å². The zero-order chi connectivity index (χ0) is 44.9. The molecule has 1 amide bonds. The van der Waals surface area contributed by atoms with Gasteiger partial charge < -0.3 is 18.7 Å². The van der Waals surface area contributed by atoms with Gasteiger partial charge in [-0.1, -0.05) is 111 Å². The Labute approximate surface area is 352 Å². The molecule has 0 bridgehead atoms. The summed E-state index contributed by atoms with van der Waals surface area (Å²) in [4.78, 5) is 25.6. The van der Waals surface area contributed by atoms with Gasteiger partial charge in [-0.3, -0.25) is 0 Å². The fourth-order valence-corrected chi connectivity index (χ4v) is 8.30. The Morgan fingerprint density at radius 2 is 0.898 bits per heavy atom. The lowest BCUT2D eigenvalue weighted by Gasteiger charge is -2.40. The van der Waals surface area contributed by atoms with Crippen molar-refractivity contribution in [3.63, 3.8) is 0 Å². The molecule has 0 aliphatic heterocycles. The molecular weight excluding hydrogens is 827 g/mol. The van der Waals surface area contributed by atoms with Crippen molar-refractivity contribution in [2.45, 2.75) is 199 Å². The van der Waals surface area contributed by atoms with Gasteiger partial charge in [-0.2, -0.15) is 26.3 Å². The van der Waals surface area contributed by atoms with Crippen LogP contribution in [0.15, 0.2) is 4.99 Å². The molecule has 59 heavy (non-hydrogen) atoms. The van der Waals surface area contributed by atoms with Gasteiger partial charge in [0.25, 0.3) is 0 Å². The number of nitrogens with zero attached hydrogens (tertiary/aromatic N) is 3. The number of halogens is 6. The zero-order valence-electron chi connectivity index (χ0n) is 36.1. The number of rotatable bonds is 37. The van der Waals surface area contributed by atoms with E-state index in [1.54, 1.807) is 6.08 Å². The maximum Gasteiger partial charge on any atom is 0.480 e. The summed E-state index contributed by atoms with van der Waals surface area (Å²) >= 11 is 0. The minimum atomic E-state index is -6.72. The molecule has 0 saturated heterocycles. The van der Waals surface area contributed by atoms with Crippen molar-refractivity contribution < 1.29 is 62.0 Å². The standard InChI is InChI=1S/C38H75N3O3.C2F6NO4S2/c1-4-7-10-13-18-25-32-41(33-26-19-14-11-8-5-2,34-27-20-15-12-9-6-3)35-28-21-22-29-36-44-38(43)40-31-24-17-16-23-30-39-37-42;3-1(4,5)14(10,11)9-15(12,13)2(6,7)8/h4-36H2,1-3H3;/q;-1/p+1. The number of quaternary nitrogens is 1. The van der Waals surface area contributed by atoms with Crippen LogP contribution in [0.3, 0.4) is 0 Å². The first kappa shape index (κ1) is 59.1. The molecule has 0 rings (SSSR count). The number of nitrogens with one attached hydrogen (secondary N) is 1. The van der Waals surface area contributed by atoms with Crippen molar-refractivity contribution in [2.75, 3.05) is 45.9 Å². The number of sulfonamides is 2. The van der Waals surface area contributed by atoms with Gasteiger partial charge in [0.1, 0.15) is 0 Å². The molecule has 0 saturated carbocycles. The normalized spacial score (nSPS) is 12.4. The van der Waals surface area contributed by atoms with Crippen LogP contribution in [-0.2, 0) is 29.6 Å². The minimum Gasteiger partial charge on any atom is -0.450 e. The van der Waals surface area contributed by atoms with Gasteiger partial charge in [0.05, 0.1) is 39.3 Å². The van der Waals surface area contributed by atoms with Crippen LogP contribution in [0.25, 0.3) is 4.13 Å². The number of hydrogen-bond acceptors (Lipinski definition) is 8. The summed E-state index contributed by atoms with van der Waals surface area (Å²) in [5.74, 6) is 0. The van der Waals surface area contributed by atoms with Crippen molar-refractivity contribution in [1.29, 1.82) is 0 Å². The van der Waals surface area contributed by atoms with E-state index in [1.807, 2.05) is 0 Å². The highest BCUT2D eigenvalue weighted by molar-refractivity contribution is 8.13. The van der Waals surface area contributed by atoms with E-state index in [9.17, 15) is 52.8 Å². The second kappa shape index (κ2) is 35.6. The predicted octanol–water partition coefficient (Wildman–Crippen LogP) is 12.1. The molecule has 352 valence electrons. The second-order valence-corrected chi connectivity index (χ2v) is 18.7. The number of amides is 1. The smallest absolute Gasteiger partial charge is 0.450 e. The highest BCUT2D eigenvalue weighted by Gasteiger charge is 2.47. The van der Waals surface area contributed by atoms with Gasteiger partial charge in [-0.25, -0.2) is 31.4 Å². The van der Waals surface area contributed by atoms with Gasteiger partial charge in [0.15, 0.2) is 20.0 Å². The van der Waals surface area contributed by atoms with Gasteiger partial charge in [0.2, 0.25) is 6.08 Å². The third-order valence-electron chi connectivity index (χ3n) is 10.0. The monoisotopic (exact) mass is 903 g/mol. The Kier molecular flexibility index (Phi) is 35.7. The number of ether oxygens (including phenoxy) is 1. The molecule has 19 heteroatoms. The Balaban J connectivity index is 0. The lowest BCUT2D eigenvalue weighted by molar-refractivity contribution is -0.929. The molecule has 0 aromatic carbocycles. The summed E-state index contributed by atoms with van der Waals surface area (Å²) in [7, 11) is -13.4. The molecule has 1 N–H and O–H groups in total. The van der Waals surface area contributed by atoms with E-state index in [0.29, 0.717) is 19.7 Å². The van der Waals surface area contributed by atoms with Gasteiger partial charge >= 0.3 is 17.1 Å². The lowest BCUT2D eigenvalue weighted by Crippen LogP contribution is -2.50. The Hall–Kier alpha value is -1.95. The minimum absolute atomic E-state index is 0.289. The number of isocyanates is 1. The van der Waals surface area contributed by atoms with E-state index >= 15 is 0 Å². The number of alkyl carbamates (subject to hydrolysis) is 1. The Bertz CT molecular complexity index is 1220. The van der Waals surface area contributed by atoms with Crippen LogP contribution in [0.2, 0.25) is 0 Å². The van der Waals surface area contributed by atoms with E-state index in [0.717, 1.165) is 42.7 Å². The Morgan fingerprint density at radius 3 is 1.27 bits per heavy atom. The molecule has 0 radical (unpaired) electrons. The van der Waals surface area contributed by atoms with Gasteiger partial charge in [0, 0.05) is 6.54 Å². The largest absolute Gasteiger partial charge is 0.480 e. The first-order valence-electron chi connectivity index (χ1n) is 22.0. The van der Waals surface area contributed by atoms with Crippen LogP contribution in [0.4, 0.5) is 31.1 Å². The quantitative estimate of drug-likeness (QED) is 0.0214. The van der Waals surface area contributed by atoms with Crippen molar-refractivity contribution in [3.05, 3.63) is 4.13 Å². The van der Waals surface area contributed by atoms with Crippen molar-refractivity contribution in [3.8, 4) is 0 Å². The van der Waals surface area contributed by atoms with Crippen LogP contribution in [0.1, 0.15) is 188 Å². The highest BCUT2D eigenvalue weighted by Crippen LogP contribution is 2.36. The number of hydrogen-bond donors (Lipinski definition) is 1. The fourth-order valence-electron chi connectivity index (χ4n) is 6.59. The summed E-state index contributed by atoms with van der Waals surface area (Å²) in [6, 6.07) is 0. The Morgan fingerprint density at radius 1 is 0.559 bits per heavy atom. The van der Waals surface area contributed by atoms with Crippen LogP contribution >= 0.6 is 0 Å². The van der Waals surface area contributed by atoms with Crippen LogP contribution < -0.4 is 5.32 Å². The molecule has 0 spiro atoms. The maximum absolute atomic E-state index is 12.0. The van der Waals surface area contributed by atoms with Crippen molar-refractivity contribution in [1.82, 2.24) is 5.32 Å². The second-order valence-electron chi connectivity index (χ2n) is 15.3. The molecule has 11 nitrogen and oxygen atoms in total. The molecular formula is C40H76F6N4O7S2. The summed E-state index contributed by atoms with van der Waals surface area (Å²) in [5, 5.41) is 2.86. The molecule has 0 heterocycles. The third kappa shape index (κ3) is 33.4. The molecule has 0 aliphatic carbocycles. The first-order chi connectivity index (χ1) is 27.8. The SMILES string of the molecule is CCCCCCCC[N+](CCCCCCCC)(CCCCCCCC)CCCCCCOC(=O)NCCCCCCN=C=O.O=S(=O)([N-]S(=O)(=O)C(F)(F)F)C(F)(F)F. The van der Waals surface area contributed by atoms with Crippen LogP contribution in [0.5, 0.6) is 0 Å². The molecule has 0 fully saturated rings. The topological polar surface area (TPSA) is 150 Å². The zero-order valence-corrected chi connectivity index (χ0v) is 37.8. The van der Waals surface area contributed by atoms with E-state index in [2.05, 4.69) is 31.1 Å². The lowest BCUT2D eigenvalue weighted by atomic mass is 10.0. The molecule has 0 aliphatic rings. The van der Waals surface area contributed by atoms with Crippen molar-refractivity contribution in [2.24, 2.45) is 4.99 Å². The third-order valence-corrected chi connectivity index (χ3v) is 12.8. The molecule has 0 atom stereocenters. The summed E-state index contributed by atoms with van der Waals surface area (Å²) < 4.78 is 116. The van der Waals surface area contributed by atoms with E-state index in [4.69, 9.17) is 4.74 Å². The van der Waals surface area contributed by atoms with Gasteiger partial charge in [-0.15, -0.1) is 0 Å². The van der Waals surface area contributed by atoms with Crippen molar-refractivity contribution >= 4 is 32.2 Å². The first-order valence-corrected chi connectivity index (χ1v) is 24.9. The summed E-state index contributed by atoms with van der Waals surface area (Å²) in [5.41, 5.74) is -12.4. The number of unbranched alkanes of at least 4 members (excludes halogenated alkanes) is 21. The van der Waals surface area contributed by atoms with Gasteiger partial charge in [-0.05, 0) is 77.0 Å². The van der Waals surface area contributed by atoms with E-state index < -0.39 is 31.1 Å². The van der Waals surface area contributed by atoms with E-state index in [1.165, 1.54) is 159 Å². The number of alkyl halides is 6. The van der Waals surface area contributed by atoms with Crippen LogP contribution in [0, 0.1) is 0 Å². The molecule has 0 aromatic rings. The summed E-state index contributed by atoms with van der Waals surface area (Å²) in [6.07, 6.45) is 34.8. The number of aliphatic imine (C=N–C) groups is 1. The number of carbonyl (C=O) groups excluding carboxylic acids is 2. The molecule has 0 aromatic heterocycles. The molecule has 0 unspecified atom stereocenters. The fraction of sp³-hybridized carbons (Fsp3) is 0.950. The predicted molar refractivity (Wildman–Crippen MR) is 222 cm³/mol. The maximum atomic E-state index is 12.0. The van der Waals surface area contributed by atoms with E-state index in [-0.39, 0.29) is 6.09 Å². The summed E-state index contributed by atoms with van der Waals surface area (Å²) in [6.45, 7) is 14.1. The highest BCUT2D eigenvalue weighted by atomic mass is 32.3. The number of carbonyl (C=O) groups is 1. The average molecular weight is 903 g/mol.